The van der Waals surface area contributed by atoms with Crippen molar-refractivity contribution in [1.29, 1.82) is 0 Å². The Morgan fingerprint density at radius 1 is 1.44 bits per heavy atom. The van der Waals surface area contributed by atoms with Crippen LogP contribution in [0.1, 0.15) is 40.5 Å². The number of primary amides is 1. The van der Waals surface area contributed by atoms with Crippen LogP contribution in [-0.4, -0.2) is 43.9 Å². The highest BCUT2D eigenvalue weighted by atomic mass is 16.5. The smallest absolute Gasteiger partial charge is 0.237 e. The Morgan fingerprint density at radius 2 is 2.11 bits per heavy atom. The third-order valence-electron chi connectivity index (χ3n) is 2.89. The predicted octanol–water partition coefficient (Wildman–Crippen LogP) is 1.06. The molecule has 3 N–H and O–H groups in total. The molecule has 2 atom stereocenters. The fraction of sp³-hybridized carbons (Fsp3) is 0.923. The van der Waals surface area contributed by atoms with Gasteiger partial charge in [0.05, 0.1) is 18.2 Å². The molecule has 0 aromatic rings. The van der Waals surface area contributed by atoms with Gasteiger partial charge in [0.15, 0.2) is 0 Å². The number of hydrogen-bond donors (Lipinski definition) is 2. The molecule has 0 aromatic carbocycles. The van der Waals surface area contributed by atoms with E-state index in [0.29, 0.717) is 26.2 Å². The van der Waals surface area contributed by atoms with Gasteiger partial charge in [0.1, 0.15) is 0 Å². The Bertz CT molecular complexity index is 236. The fourth-order valence-electron chi connectivity index (χ4n) is 1.73. The molecule has 1 amide bonds. The molecular weight excluding hydrogens is 232 g/mol. The molecule has 0 rings (SSSR count). The van der Waals surface area contributed by atoms with Gasteiger partial charge in [0.2, 0.25) is 5.91 Å². The lowest BCUT2D eigenvalue weighted by Gasteiger charge is -2.27. The van der Waals surface area contributed by atoms with Crippen molar-refractivity contribution in [1.82, 2.24) is 5.32 Å². The molecule has 2 unspecified atom stereocenters. The summed E-state index contributed by atoms with van der Waals surface area (Å²) in [5, 5.41) is 3.13. The number of ether oxygens (including phenoxy) is 2. The first-order chi connectivity index (χ1) is 8.46. The van der Waals surface area contributed by atoms with Crippen molar-refractivity contribution < 1.29 is 14.3 Å². The monoisotopic (exact) mass is 260 g/mol. The van der Waals surface area contributed by atoms with E-state index in [-0.39, 0.29) is 12.0 Å². The molecule has 0 bridgehead atoms. The lowest BCUT2D eigenvalue weighted by atomic mass is 9.95. The van der Waals surface area contributed by atoms with E-state index in [1.807, 2.05) is 27.7 Å². The van der Waals surface area contributed by atoms with Crippen LogP contribution in [-0.2, 0) is 14.3 Å². The van der Waals surface area contributed by atoms with Gasteiger partial charge in [0.25, 0.3) is 0 Å². The summed E-state index contributed by atoms with van der Waals surface area (Å²) in [5.41, 5.74) is 4.76. The van der Waals surface area contributed by atoms with Crippen LogP contribution in [0.15, 0.2) is 0 Å². The molecule has 0 spiro atoms. The highest BCUT2D eigenvalue weighted by Crippen LogP contribution is 2.12. The van der Waals surface area contributed by atoms with Crippen molar-refractivity contribution in [2.45, 2.75) is 52.2 Å². The first kappa shape index (κ1) is 17.4. The minimum atomic E-state index is -0.638. The number of rotatable bonds is 11. The number of nitrogens with one attached hydrogen (secondary N) is 1. The van der Waals surface area contributed by atoms with E-state index >= 15 is 0 Å². The minimum Gasteiger partial charge on any atom is -0.379 e. The summed E-state index contributed by atoms with van der Waals surface area (Å²) >= 11 is 0. The van der Waals surface area contributed by atoms with E-state index < -0.39 is 5.54 Å². The van der Waals surface area contributed by atoms with Crippen LogP contribution in [0.25, 0.3) is 0 Å². The quantitative estimate of drug-likeness (QED) is 0.545. The van der Waals surface area contributed by atoms with Gasteiger partial charge < -0.3 is 20.5 Å². The van der Waals surface area contributed by atoms with Crippen LogP contribution in [0, 0.1) is 0 Å². The van der Waals surface area contributed by atoms with E-state index in [4.69, 9.17) is 15.2 Å². The molecule has 18 heavy (non-hydrogen) atoms. The molecule has 0 saturated carbocycles. The van der Waals surface area contributed by atoms with E-state index in [2.05, 4.69) is 5.32 Å². The Kier molecular flexibility index (Phi) is 8.97. The number of hydrogen-bond acceptors (Lipinski definition) is 4. The molecule has 0 fully saturated rings. The standard InChI is InChI=1S/C13H28N2O3/c1-5-15-13(4,12(14)16)8-7-9-18-11(3)10-17-6-2/h11,15H,5-10H2,1-4H3,(H2,14,16). The maximum atomic E-state index is 11.4. The van der Waals surface area contributed by atoms with Crippen LogP contribution in [0.4, 0.5) is 0 Å². The Morgan fingerprint density at radius 3 is 2.61 bits per heavy atom. The number of carbonyl (C=O) groups is 1. The summed E-state index contributed by atoms with van der Waals surface area (Å²) in [6.07, 6.45) is 1.56. The third-order valence-corrected chi connectivity index (χ3v) is 2.89. The van der Waals surface area contributed by atoms with Crippen LogP contribution < -0.4 is 11.1 Å². The topological polar surface area (TPSA) is 73.6 Å². The molecule has 0 aromatic heterocycles. The molecule has 5 heteroatoms. The largest absolute Gasteiger partial charge is 0.379 e. The second-order valence-corrected chi connectivity index (χ2v) is 4.67. The maximum Gasteiger partial charge on any atom is 0.237 e. The van der Waals surface area contributed by atoms with Gasteiger partial charge >= 0.3 is 0 Å². The van der Waals surface area contributed by atoms with Crippen LogP contribution in [0.5, 0.6) is 0 Å². The Balaban J connectivity index is 3.83. The number of likely N-dealkylation sites (N-methyl/N-ethyl adjacent to an activating group) is 1. The zero-order valence-electron chi connectivity index (χ0n) is 12.1. The molecule has 5 nitrogen and oxygen atoms in total. The van der Waals surface area contributed by atoms with Gasteiger partial charge in [-0.15, -0.1) is 0 Å². The second-order valence-electron chi connectivity index (χ2n) is 4.67. The van der Waals surface area contributed by atoms with Gasteiger partial charge in [-0.1, -0.05) is 6.92 Å². The zero-order chi connectivity index (χ0) is 14.0. The van der Waals surface area contributed by atoms with Crippen molar-refractivity contribution in [3.63, 3.8) is 0 Å². The number of nitrogens with two attached hydrogens (primary N) is 1. The van der Waals surface area contributed by atoms with Gasteiger partial charge in [-0.05, 0) is 40.2 Å². The molecule has 0 saturated heterocycles. The van der Waals surface area contributed by atoms with Crippen molar-refractivity contribution in [2.24, 2.45) is 5.73 Å². The summed E-state index contributed by atoms with van der Waals surface area (Å²) in [6, 6.07) is 0. The highest BCUT2D eigenvalue weighted by Gasteiger charge is 2.28. The SMILES string of the molecule is CCNC(C)(CCCOC(C)COCC)C(N)=O. The van der Waals surface area contributed by atoms with Gasteiger partial charge in [-0.25, -0.2) is 0 Å². The summed E-state index contributed by atoms with van der Waals surface area (Å²) in [7, 11) is 0. The van der Waals surface area contributed by atoms with Crippen LogP contribution >= 0.6 is 0 Å². The predicted molar refractivity (Wildman–Crippen MR) is 72.4 cm³/mol. The van der Waals surface area contributed by atoms with Crippen molar-refractivity contribution >= 4 is 5.91 Å². The number of amides is 1. The van der Waals surface area contributed by atoms with Gasteiger partial charge in [0, 0.05) is 13.2 Å². The average Bonchev–Trinajstić information content (AvgIpc) is 2.32. The molecule has 0 aliphatic carbocycles. The molecular formula is C13H28N2O3. The minimum absolute atomic E-state index is 0.0870. The first-order valence-electron chi connectivity index (χ1n) is 6.70. The summed E-state index contributed by atoms with van der Waals surface area (Å²) in [4.78, 5) is 11.4. The summed E-state index contributed by atoms with van der Waals surface area (Å²) < 4.78 is 10.9. The Labute approximate surface area is 110 Å². The lowest BCUT2D eigenvalue weighted by molar-refractivity contribution is -0.124. The van der Waals surface area contributed by atoms with Gasteiger partial charge in [-0.2, -0.15) is 0 Å². The molecule has 108 valence electrons. The molecule has 0 aliphatic heterocycles. The van der Waals surface area contributed by atoms with E-state index in [1.165, 1.54) is 0 Å². The van der Waals surface area contributed by atoms with Crippen LogP contribution in [0.3, 0.4) is 0 Å². The Hall–Kier alpha value is -0.650. The average molecular weight is 260 g/mol. The zero-order valence-corrected chi connectivity index (χ0v) is 12.1. The summed E-state index contributed by atoms with van der Waals surface area (Å²) in [5.74, 6) is -0.313. The fourth-order valence-corrected chi connectivity index (χ4v) is 1.73. The van der Waals surface area contributed by atoms with Crippen molar-refractivity contribution in [3.8, 4) is 0 Å². The summed E-state index contributed by atoms with van der Waals surface area (Å²) in [6.45, 7) is 10.4. The molecule has 0 heterocycles. The van der Waals surface area contributed by atoms with E-state index in [9.17, 15) is 4.79 Å². The van der Waals surface area contributed by atoms with E-state index in [1.54, 1.807) is 0 Å². The molecule has 0 aliphatic rings. The maximum absolute atomic E-state index is 11.4. The van der Waals surface area contributed by atoms with E-state index in [0.717, 1.165) is 13.0 Å². The highest BCUT2D eigenvalue weighted by molar-refractivity contribution is 5.84. The van der Waals surface area contributed by atoms with Gasteiger partial charge in [-0.3, -0.25) is 4.79 Å². The normalized spacial score (nSPS) is 16.2. The van der Waals surface area contributed by atoms with Crippen molar-refractivity contribution in [3.05, 3.63) is 0 Å². The van der Waals surface area contributed by atoms with Crippen molar-refractivity contribution in [2.75, 3.05) is 26.4 Å². The van der Waals surface area contributed by atoms with Crippen LogP contribution in [0.2, 0.25) is 0 Å². The third kappa shape index (κ3) is 6.93. The molecule has 0 radical (unpaired) electrons. The lowest BCUT2D eigenvalue weighted by Crippen LogP contribution is -2.53. The second kappa shape index (κ2) is 9.30. The first-order valence-corrected chi connectivity index (χ1v) is 6.70. The number of carbonyl (C=O) groups excluding carboxylic acids is 1.